The summed E-state index contributed by atoms with van der Waals surface area (Å²) in [6.07, 6.45) is 0. The summed E-state index contributed by atoms with van der Waals surface area (Å²) in [7, 11) is 3.45. The fourth-order valence-electron chi connectivity index (χ4n) is 1.69. The van der Waals surface area contributed by atoms with Crippen LogP contribution < -0.4 is 5.32 Å². The van der Waals surface area contributed by atoms with Crippen molar-refractivity contribution in [2.45, 2.75) is 5.92 Å². The Morgan fingerprint density at radius 3 is 2.76 bits per heavy atom. The fraction of sp³-hybridized carbons (Fsp3) is 0.538. The molecule has 96 valence electrons. The van der Waals surface area contributed by atoms with Gasteiger partial charge in [0.25, 0.3) is 0 Å². The Balaban J connectivity index is 2.52. The van der Waals surface area contributed by atoms with Crippen molar-refractivity contribution in [2.75, 3.05) is 40.5 Å². The number of hydrogen-bond donors (Lipinski definition) is 1. The highest BCUT2D eigenvalue weighted by Crippen LogP contribution is 2.19. The average molecular weight is 302 g/mol. The molecule has 1 atom stereocenters. The molecule has 0 fully saturated rings. The minimum atomic E-state index is 0.370. The van der Waals surface area contributed by atoms with E-state index in [0.717, 1.165) is 30.8 Å². The monoisotopic (exact) mass is 301 g/mol. The normalized spacial score (nSPS) is 12.6. The molecule has 3 nitrogen and oxygen atoms in total. The van der Waals surface area contributed by atoms with Crippen molar-refractivity contribution in [3.05, 3.63) is 34.3 Å². The van der Waals surface area contributed by atoms with Gasteiger partial charge in [-0.3, -0.25) is 0 Å². The number of methoxy groups -OCH3 is 2. The molecule has 4 heteroatoms. The molecule has 1 N–H and O–H groups in total. The highest BCUT2D eigenvalue weighted by molar-refractivity contribution is 9.10. The summed E-state index contributed by atoms with van der Waals surface area (Å²) in [4.78, 5) is 0. The lowest BCUT2D eigenvalue weighted by Crippen LogP contribution is -2.27. The minimum Gasteiger partial charge on any atom is -0.384 e. The average Bonchev–Trinajstić information content (AvgIpc) is 2.33. The van der Waals surface area contributed by atoms with Gasteiger partial charge in [-0.1, -0.05) is 28.1 Å². The maximum atomic E-state index is 5.27. The van der Waals surface area contributed by atoms with E-state index in [1.807, 2.05) is 6.07 Å². The lowest BCUT2D eigenvalue weighted by molar-refractivity contribution is 0.172. The molecule has 1 rings (SSSR count). The quantitative estimate of drug-likeness (QED) is 0.748. The van der Waals surface area contributed by atoms with Gasteiger partial charge in [-0.25, -0.2) is 0 Å². The molecular formula is C13H20BrNO2. The molecule has 0 aliphatic carbocycles. The second kappa shape index (κ2) is 8.64. The van der Waals surface area contributed by atoms with Crippen molar-refractivity contribution in [3.63, 3.8) is 0 Å². The lowest BCUT2D eigenvalue weighted by atomic mass is 10.00. The third-order valence-corrected chi connectivity index (χ3v) is 3.05. The Labute approximate surface area is 112 Å². The number of benzene rings is 1. The molecule has 1 aromatic rings. The zero-order valence-electron chi connectivity index (χ0n) is 10.4. The SMILES string of the molecule is COCCNCC(COC)c1cccc(Br)c1. The first-order valence-electron chi connectivity index (χ1n) is 5.72. The molecule has 0 aliphatic heterocycles. The van der Waals surface area contributed by atoms with Gasteiger partial charge >= 0.3 is 0 Å². The van der Waals surface area contributed by atoms with Crippen molar-refractivity contribution < 1.29 is 9.47 Å². The Bertz CT molecular complexity index is 320. The third kappa shape index (κ3) is 5.64. The van der Waals surface area contributed by atoms with Crippen LogP contribution in [0.3, 0.4) is 0 Å². The Hall–Kier alpha value is -0.420. The highest BCUT2D eigenvalue weighted by Gasteiger charge is 2.11. The van der Waals surface area contributed by atoms with Gasteiger partial charge in [0.15, 0.2) is 0 Å². The Morgan fingerprint density at radius 2 is 2.12 bits per heavy atom. The van der Waals surface area contributed by atoms with Crippen molar-refractivity contribution >= 4 is 15.9 Å². The van der Waals surface area contributed by atoms with Crippen LogP contribution in [0.25, 0.3) is 0 Å². The first-order valence-corrected chi connectivity index (χ1v) is 6.51. The summed E-state index contributed by atoms with van der Waals surface area (Å²) >= 11 is 3.49. The van der Waals surface area contributed by atoms with Crippen LogP contribution >= 0.6 is 15.9 Å². The van der Waals surface area contributed by atoms with E-state index in [1.165, 1.54) is 5.56 Å². The molecular weight excluding hydrogens is 282 g/mol. The van der Waals surface area contributed by atoms with Crippen LogP contribution in [0.4, 0.5) is 0 Å². The van der Waals surface area contributed by atoms with Gasteiger partial charge in [0.2, 0.25) is 0 Å². The number of halogens is 1. The summed E-state index contributed by atoms with van der Waals surface area (Å²) in [5.41, 5.74) is 1.28. The van der Waals surface area contributed by atoms with Crippen LogP contribution in [0, 0.1) is 0 Å². The summed E-state index contributed by atoms with van der Waals surface area (Å²) < 4.78 is 11.4. The van der Waals surface area contributed by atoms with Crippen LogP contribution in [0.2, 0.25) is 0 Å². The van der Waals surface area contributed by atoms with Crippen LogP contribution in [0.5, 0.6) is 0 Å². The predicted octanol–water partition coefficient (Wildman–Crippen LogP) is 2.42. The Kier molecular flexibility index (Phi) is 7.44. The first-order chi connectivity index (χ1) is 8.27. The van der Waals surface area contributed by atoms with E-state index < -0.39 is 0 Å². The van der Waals surface area contributed by atoms with Crippen molar-refractivity contribution in [3.8, 4) is 0 Å². The van der Waals surface area contributed by atoms with Gasteiger partial charge < -0.3 is 14.8 Å². The van der Waals surface area contributed by atoms with Gasteiger partial charge in [-0.05, 0) is 17.7 Å². The van der Waals surface area contributed by atoms with Gasteiger partial charge in [0, 0.05) is 37.7 Å². The highest BCUT2D eigenvalue weighted by atomic mass is 79.9. The van der Waals surface area contributed by atoms with Gasteiger partial charge in [0.1, 0.15) is 0 Å². The van der Waals surface area contributed by atoms with Crippen LogP contribution in [0.15, 0.2) is 28.7 Å². The number of hydrogen-bond acceptors (Lipinski definition) is 3. The van der Waals surface area contributed by atoms with Crippen LogP contribution in [-0.2, 0) is 9.47 Å². The summed E-state index contributed by atoms with van der Waals surface area (Å²) in [6.45, 7) is 3.22. The molecule has 1 unspecified atom stereocenters. The molecule has 17 heavy (non-hydrogen) atoms. The van der Waals surface area contributed by atoms with E-state index in [2.05, 4.69) is 39.4 Å². The van der Waals surface area contributed by atoms with Crippen LogP contribution in [0.1, 0.15) is 11.5 Å². The van der Waals surface area contributed by atoms with E-state index >= 15 is 0 Å². The smallest absolute Gasteiger partial charge is 0.0587 e. The number of nitrogens with one attached hydrogen (secondary N) is 1. The molecule has 0 spiro atoms. The fourth-order valence-corrected chi connectivity index (χ4v) is 2.10. The second-order valence-corrected chi connectivity index (χ2v) is 4.82. The van der Waals surface area contributed by atoms with Crippen molar-refractivity contribution in [2.24, 2.45) is 0 Å². The zero-order valence-corrected chi connectivity index (χ0v) is 12.0. The molecule has 0 saturated heterocycles. The standard InChI is InChI=1S/C13H20BrNO2/c1-16-7-6-15-9-12(10-17-2)11-4-3-5-13(14)8-11/h3-5,8,12,15H,6-7,9-10H2,1-2H3. The summed E-state index contributed by atoms with van der Waals surface area (Å²) in [5.74, 6) is 0.370. The molecule has 0 radical (unpaired) electrons. The van der Waals surface area contributed by atoms with E-state index in [4.69, 9.17) is 9.47 Å². The largest absolute Gasteiger partial charge is 0.384 e. The van der Waals surface area contributed by atoms with Crippen LogP contribution in [-0.4, -0.2) is 40.5 Å². The molecule has 0 aromatic heterocycles. The zero-order chi connectivity index (χ0) is 12.5. The Morgan fingerprint density at radius 1 is 1.29 bits per heavy atom. The maximum absolute atomic E-state index is 5.27. The van der Waals surface area contributed by atoms with Gasteiger partial charge in [-0.15, -0.1) is 0 Å². The summed E-state index contributed by atoms with van der Waals surface area (Å²) in [5, 5.41) is 3.37. The molecule has 1 aromatic carbocycles. The van der Waals surface area contributed by atoms with E-state index in [-0.39, 0.29) is 0 Å². The van der Waals surface area contributed by atoms with Crippen molar-refractivity contribution in [1.29, 1.82) is 0 Å². The second-order valence-electron chi connectivity index (χ2n) is 3.90. The maximum Gasteiger partial charge on any atom is 0.0587 e. The van der Waals surface area contributed by atoms with E-state index in [0.29, 0.717) is 5.92 Å². The molecule has 0 heterocycles. The summed E-state index contributed by atoms with van der Waals surface area (Å²) in [6, 6.07) is 8.36. The van der Waals surface area contributed by atoms with Crippen molar-refractivity contribution in [1.82, 2.24) is 5.32 Å². The molecule has 0 aliphatic rings. The predicted molar refractivity (Wildman–Crippen MR) is 73.5 cm³/mol. The number of ether oxygens (including phenoxy) is 2. The number of rotatable bonds is 8. The minimum absolute atomic E-state index is 0.370. The molecule has 0 saturated carbocycles. The third-order valence-electron chi connectivity index (χ3n) is 2.56. The lowest BCUT2D eigenvalue weighted by Gasteiger charge is -2.17. The van der Waals surface area contributed by atoms with E-state index in [9.17, 15) is 0 Å². The topological polar surface area (TPSA) is 30.5 Å². The van der Waals surface area contributed by atoms with E-state index in [1.54, 1.807) is 14.2 Å². The van der Waals surface area contributed by atoms with Gasteiger partial charge in [-0.2, -0.15) is 0 Å². The van der Waals surface area contributed by atoms with Gasteiger partial charge in [0.05, 0.1) is 13.2 Å². The molecule has 0 amide bonds. The molecule has 0 bridgehead atoms. The first kappa shape index (κ1) is 14.6.